The van der Waals surface area contributed by atoms with Crippen LogP contribution in [0.25, 0.3) is 0 Å². The number of amides is 2. The molecule has 0 aliphatic heterocycles. The maximum atomic E-state index is 11.6. The van der Waals surface area contributed by atoms with Gasteiger partial charge in [0.1, 0.15) is 6.04 Å². The Morgan fingerprint density at radius 1 is 1.56 bits per heavy atom. The highest BCUT2D eigenvalue weighted by atomic mass is 16.2. The number of hydrogen-bond acceptors (Lipinski definition) is 3. The number of carbonyl (C=O) groups is 2. The van der Waals surface area contributed by atoms with Gasteiger partial charge in [-0.05, 0) is 25.1 Å². The molecule has 0 aliphatic carbocycles. The fraction of sp³-hybridized carbons (Fsp3) is 0.182. The van der Waals surface area contributed by atoms with Crippen molar-refractivity contribution in [2.45, 2.75) is 13.0 Å². The summed E-state index contributed by atoms with van der Waals surface area (Å²) in [6.07, 6.45) is 4.26. The van der Waals surface area contributed by atoms with Crippen LogP contribution in [0.4, 0.5) is 5.69 Å². The van der Waals surface area contributed by atoms with Gasteiger partial charge in [0, 0.05) is 6.20 Å². The van der Waals surface area contributed by atoms with Gasteiger partial charge in [0.05, 0.1) is 11.9 Å². The maximum absolute atomic E-state index is 11.6. The monoisotopic (exact) mass is 219 g/mol. The van der Waals surface area contributed by atoms with Crippen molar-refractivity contribution in [1.29, 1.82) is 0 Å². The topological polar surface area (TPSA) is 71.1 Å². The number of hydrogen-bond donors (Lipinski definition) is 2. The van der Waals surface area contributed by atoms with Gasteiger partial charge in [-0.1, -0.05) is 6.58 Å². The molecule has 5 heteroatoms. The summed E-state index contributed by atoms with van der Waals surface area (Å²) in [7, 11) is 0. The first-order valence-electron chi connectivity index (χ1n) is 4.77. The van der Waals surface area contributed by atoms with Crippen LogP contribution in [0.3, 0.4) is 0 Å². The maximum Gasteiger partial charge on any atom is 0.246 e. The number of rotatable bonds is 4. The van der Waals surface area contributed by atoms with Crippen molar-refractivity contribution < 1.29 is 9.59 Å². The molecule has 0 aliphatic rings. The van der Waals surface area contributed by atoms with Gasteiger partial charge in [-0.2, -0.15) is 0 Å². The Bertz CT molecular complexity index is 389. The van der Waals surface area contributed by atoms with Crippen molar-refractivity contribution in [3.05, 3.63) is 37.2 Å². The summed E-state index contributed by atoms with van der Waals surface area (Å²) in [4.78, 5) is 26.4. The van der Waals surface area contributed by atoms with Crippen molar-refractivity contribution in [2.24, 2.45) is 0 Å². The molecule has 0 radical (unpaired) electrons. The van der Waals surface area contributed by atoms with Crippen LogP contribution in [-0.2, 0) is 9.59 Å². The summed E-state index contributed by atoms with van der Waals surface area (Å²) in [6.45, 7) is 4.89. The first-order chi connectivity index (χ1) is 7.63. The van der Waals surface area contributed by atoms with Gasteiger partial charge >= 0.3 is 0 Å². The van der Waals surface area contributed by atoms with Gasteiger partial charge in [0.15, 0.2) is 0 Å². The number of anilines is 1. The van der Waals surface area contributed by atoms with E-state index >= 15 is 0 Å². The smallest absolute Gasteiger partial charge is 0.246 e. The summed E-state index contributed by atoms with van der Waals surface area (Å²) >= 11 is 0. The molecule has 1 aromatic rings. The van der Waals surface area contributed by atoms with Crippen molar-refractivity contribution in [1.82, 2.24) is 10.3 Å². The standard InChI is InChI=1S/C11H13N3O2/c1-3-10(15)13-8(2)11(16)14-9-5-4-6-12-7-9/h3-8H,1H2,2H3,(H,13,15)(H,14,16). The lowest BCUT2D eigenvalue weighted by Crippen LogP contribution is -2.40. The van der Waals surface area contributed by atoms with Crippen molar-refractivity contribution in [3.8, 4) is 0 Å². The zero-order valence-electron chi connectivity index (χ0n) is 8.93. The second kappa shape index (κ2) is 5.65. The van der Waals surface area contributed by atoms with E-state index in [2.05, 4.69) is 22.2 Å². The number of pyridine rings is 1. The van der Waals surface area contributed by atoms with Crippen LogP contribution in [0.1, 0.15) is 6.92 Å². The summed E-state index contributed by atoms with van der Waals surface area (Å²) in [5.41, 5.74) is 0.590. The lowest BCUT2D eigenvalue weighted by molar-refractivity contribution is -0.123. The van der Waals surface area contributed by atoms with Gasteiger partial charge in [-0.15, -0.1) is 0 Å². The van der Waals surface area contributed by atoms with Crippen molar-refractivity contribution >= 4 is 17.5 Å². The normalized spacial score (nSPS) is 11.3. The summed E-state index contributed by atoms with van der Waals surface area (Å²) in [5.74, 6) is -0.683. The summed E-state index contributed by atoms with van der Waals surface area (Å²) in [6, 6.07) is 2.81. The Labute approximate surface area is 93.6 Å². The zero-order chi connectivity index (χ0) is 12.0. The molecule has 2 amide bonds. The molecule has 0 saturated carbocycles. The Hall–Kier alpha value is -2.17. The van der Waals surface area contributed by atoms with Gasteiger partial charge in [-0.25, -0.2) is 0 Å². The van der Waals surface area contributed by atoms with E-state index in [0.29, 0.717) is 5.69 Å². The third kappa shape index (κ3) is 3.53. The highest BCUT2D eigenvalue weighted by molar-refractivity contribution is 5.98. The largest absolute Gasteiger partial charge is 0.341 e. The Morgan fingerprint density at radius 2 is 2.31 bits per heavy atom. The third-order valence-corrected chi connectivity index (χ3v) is 1.87. The SMILES string of the molecule is C=CC(=O)NC(C)C(=O)Nc1cccnc1. The van der Waals surface area contributed by atoms with E-state index in [1.807, 2.05) is 0 Å². The molecule has 0 fully saturated rings. The van der Waals surface area contributed by atoms with Crippen LogP contribution in [0.5, 0.6) is 0 Å². The number of nitrogens with one attached hydrogen (secondary N) is 2. The van der Waals surface area contributed by atoms with E-state index < -0.39 is 6.04 Å². The lowest BCUT2D eigenvalue weighted by Gasteiger charge is -2.12. The van der Waals surface area contributed by atoms with Crippen LogP contribution < -0.4 is 10.6 Å². The van der Waals surface area contributed by atoms with E-state index in [0.717, 1.165) is 6.08 Å². The summed E-state index contributed by atoms with van der Waals surface area (Å²) < 4.78 is 0. The molecule has 0 aromatic carbocycles. The minimum atomic E-state index is -0.620. The number of carbonyl (C=O) groups excluding carboxylic acids is 2. The van der Waals surface area contributed by atoms with Crippen LogP contribution >= 0.6 is 0 Å². The van der Waals surface area contributed by atoms with Gasteiger partial charge in [0.2, 0.25) is 11.8 Å². The van der Waals surface area contributed by atoms with Gasteiger partial charge in [0.25, 0.3) is 0 Å². The van der Waals surface area contributed by atoms with Crippen molar-refractivity contribution in [2.75, 3.05) is 5.32 Å². The second-order valence-electron chi connectivity index (χ2n) is 3.17. The molecule has 0 bridgehead atoms. The zero-order valence-corrected chi connectivity index (χ0v) is 8.93. The average Bonchev–Trinajstić information content (AvgIpc) is 2.30. The first-order valence-corrected chi connectivity index (χ1v) is 4.77. The molecule has 5 nitrogen and oxygen atoms in total. The van der Waals surface area contributed by atoms with E-state index in [1.54, 1.807) is 25.3 Å². The minimum Gasteiger partial charge on any atom is -0.341 e. The van der Waals surface area contributed by atoms with E-state index in [9.17, 15) is 9.59 Å². The Kier molecular flexibility index (Phi) is 4.20. The second-order valence-corrected chi connectivity index (χ2v) is 3.17. The molecule has 0 saturated heterocycles. The minimum absolute atomic E-state index is 0.303. The predicted octanol–water partition coefficient (Wildman–Crippen LogP) is 0.711. The molecular weight excluding hydrogens is 206 g/mol. The van der Waals surface area contributed by atoms with E-state index in [1.165, 1.54) is 6.20 Å². The lowest BCUT2D eigenvalue weighted by atomic mass is 10.3. The number of nitrogens with zero attached hydrogens (tertiary/aromatic N) is 1. The first kappa shape index (κ1) is 11.9. The molecular formula is C11H13N3O2. The fourth-order valence-electron chi connectivity index (χ4n) is 1.03. The molecule has 1 heterocycles. The molecule has 1 aromatic heterocycles. The number of aromatic nitrogens is 1. The van der Waals surface area contributed by atoms with E-state index in [4.69, 9.17) is 0 Å². The Morgan fingerprint density at radius 3 is 2.88 bits per heavy atom. The van der Waals surface area contributed by atoms with Crippen LogP contribution in [0.15, 0.2) is 37.2 Å². The third-order valence-electron chi connectivity index (χ3n) is 1.87. The average molecular weight is 219 g/mol. The molecule has 84 valence electrons. The molecule has 2 N–H and O–H groups in total. The molecule has 1 unspecified atom stereocenters. The highest BCUT2D eigenvalue weighted by Crippen LogP contribution is 2.03. The predicted molar refractivity (Wildman–Crippen MR) is 60.7 cm³/mol. The van der Waals surface area contributed by atoms with Crippen LogP contribution in [0.2, 0.25) is 0 Å². The highest BCUT2D eigenvalue weighted by Gasteiger charge is 2.13. The molecule has 16 heavy (non-hydrogen) atoms. The molecule has 1 rings (SSSR count). The van der Waals surface area contributed by atoms with Crippen LogP contribution in [-0.4, -0.2) is 22.8 Å². The van der Waals surface area contributed by atoms with Crippen molar-refractivity contribution in [3.63, 3.8) is 0 Å². The van der Waals surface area contributed by atoms with Crippen LogP contribution in [0, 0.1) is 0 Å². The Balaban J connectivity index is 2.52. The van der Waals surface area contributed by atoms with E-state index in [-0.39, 0.29) is 11.8 Å². The fourth-order valence-corrected chi connectivity index (χ4v) is 1.03. The van der Waals surface area contributed by atoms with Gasteiger partial charge < -0.3 is 10.6 Å². The summed E-state index contributed by atoms with van der Waals surface area (Å²) in [5, 5.41) is 5.08. The van der Waals surface area contributed by atoms with Gasteiger partial charge in [-0.3, -0.25) is 14.6 Å². The molecule has 0 spiro atoms. The molecule has 1 atom stereocenters. The quantitative estimate of drug-likeness (QED) is 0.733.